The summed E-state index contributed by atoms with van der Waals surface area (Å²) in [5.74, 6) is 0.519. The summed E-state index contributed by atoms with van der Waals surface area (Å²) >= 11 is 0. The second-order valence-electron chi connectivity index (χ2n) is 8.86. The molecule has 1 saturated heterocycles. The first kappa shape index (κ1) is 21.6. The van der Waals surface area contributed by atoms with Gasteiger partial charge in [-0.2, -0.15) is 0 Å². The van der Waals surface area contributed by atoms with Crippen LogP contribution in [0.5, 0.6) is 0 Å². The molecule has 2 atom stereocenters. The normalized spacial score (nSPS) is 19.6. The van der Waals surface area contributed by atoms with Crippen molar-refractivity contribution in [3.05, 3.63) is 108 Å². The number of carbonyl (C=O) groups excluding carboxylic acids is 1. The van der Waals surface area contributed by atoms with Crippen LogP contribution in [0.4, 0.5) is 4.79 Å². The van der Waals surface area contributed by atoms with E-state index in [4.69, 9.17) is 9.73 Å². The van der Waals surface area contributed by atoms with Crippen molar-refractivity contribution in [2.45, 2.75) is 45.0 Å². The molecule has 1 amide bonds. The highest BCUT2D eigenvalue weighted by atomic mass is 16.6. The molecule has 0 bridgehead atoms. The number of nitrogens with zero attached hydrogens (tertiary/aromatic N) is 2. The van der Waals surface area contributed by atoms with Crippen molar-refractivity contribution in [1.82, 2.24) is 10.2 Å². The second-order valence-corrected chi connectivity index (χ2v) is 8.86. The van der Waals surface area contributed by atoms with Crippen LogP contribution in [0.25, 0.3) is 0 Å². The Labute approximate surface area is 189 Å². The Morgan fingerprint density at radius 2 is 1.41 bits per heavy atom. The maximum Gasteiger partial charge on any atom is 0.417 e. The molecule has 1 N–H and O–H groups in total. The monoisotopic (exact) mass is 427 g/mol. The first-order valence-electron chi connectivity index (χ1n) is 10.9. The van der Waals surface area contributed by atoms with E-state index in [9.17, 15) is 4.79 Å². The Hall–Kier alpha value is -3.60. The predicted octanol–water partition coefficient (Wildman–Crippen LogP) is 5.87. The molecule has 3 aromatic carbocycles. The van der Waals surface area contributed by atoms with E-state index in [1.54, 1.807) is 4.90 Å². The summed E-state index contributed by atoms with van der Waals surface area (Å²) in [6.45, 7) is 6.09. The molecule has 1 aliphatic heterocycles. The highest BCUT2D eigenvalue weighted by Crippen LogP contribution is 2.40. The number of hydrogen-bond acceptors (Lipinski definition) is 3. The van der Waals surface area contributed by atoms with Gasteiger partial charge in [0.1, 0.15) is 5.60 Å². The predicted molar refractivity (Wildman–Crippen MR) is 127 cm³/mol. The fourth-order valence-electron chi connectivity index (χ4n) is 3.87. The number of guanidine groups is 1. The SMILES string of the molecule is CC(C)(C)OC(=O)N1C(=NCc2ccccc2)N[C@@H](c2ccccc2)[C@H]1c1ccccc1. The number of carbonyl (C=O) groups is 1. The van der Waals surface area contributed by atoms with E-state index < -0.39 is 11.7 Å². The molecule has 1 fully saturated rings. The van der Waals surface area contributed by atoms with Crippen molar-refractivity contribution in [2.75, 3.05) is 0 Å². The molecule has 1 aliphatic rings. The van der Waals surface area contributed by atoms with E-state index in [0.29, 0.717) is 12.5 Å². The zero-order valence-corrected chi connectivity index (χ0v) is 18.7. The molecule has 1 heterocycles. The quantitative estimate of drug-likeness (QED) is 0.567. The van der Waals surface area contributed by atoms with Gasteiger partial charge in [0.05, 0.1) is 18.6 Å². The summed E-state index contributed by atoms with van der Waals surface area (Å²) in [4.78, 5) is 19.9. The Morgan fingerprint density at radius 1 is 0.875 bits per heavy atom. The Morgan fingerprint density at radius 3 is 1.97 bits per heavy atom. The standard InChI is InChI=1S/C27H29N3O2/c1-27(2,3)32-26(31)30-24(22-17-11-6-12-18-22)23(21-15-9-5-10-16-21)29-25(30)28-19-20-13-7-4-8-14-20/h4-18,23-24H,19H2,1-3H3,(H,28,29)/t23-,24+/m0/s1. The van der Waals surface area contributed by atoms with E-state index in [1.807, 2.05) is 99.6 Å². The summed E-state index contributed by atoms with van der Waals surface area (Å²) in [5, 5.41) is 3.52. The van der Waals surface area contributed by atoms with Crippen LogP contribution in [0.15, 0.2) is 96.0 Å². The van der Waals surface area contributed by atoms with Crippen LogP contribution in [-0.2, 0) is 11.3 Å². The molecule has 164 valence electrons. The second kappa shape index (κ2) is 9.27. The van der Waals surface area contributed by atoms with E-state index in [1.165, 1.54) is 0 Å². The van der Waals surface area contributed by atoms with Crippen LogP contribution in [0.2, 0.25) is 0 Å². The van der Waals surface area contributed by atoms with Crippen molar-refractivity contribution >= 4 is 12.1 Å². The number of ether oxygens (including phenoxy) is 1. The van der Waals surface area contributed by atoms with Gasteiger partial charge in [-0.3, -0.25) is 0 Å². The highest BCUT2D eigenvalue weighted by molar-refractivity contribution is 5.97. The summed E-state index contributed by atoms with van der Waals surface area (Å²) < 4.78 is 5.81. The van der Waals surface area contributed by atoms with Gasteiger partial charge < -0.3 is 10.1 Å². The van der Waals surface area contributed by atoms with Gasteiger partial charge in [0.15, 0.2) is 0 Å². The summed E-state index contributed by atoms with van der Waals surface area (Å²) in [6, 6.07) is 29.8. The summed E-state index contributed by atoms with van der Waals surface area (Å²) in [5.41, 5.74) is 2.56. The van der Waals surface area contributed by atoms with E-state index in [-0.39, 0.29) is 12.1 Å². The molecule has 5 heteroatoms. The minimum Gasteiger partial charge on any atom is -0.443 e. The van der Waals surface area contributed by atoms with Crippen LogP contribution < -0.4 is 5.32 Å². The first-order chi connectivity index (χ1) is 15.4. The lowest BCUT2D eigenvalue weighted by Gasteiger charge is -2.29. The first-order valence-corrected chi connectivity index (χ1v) is 10.9. The lowest BCUT2D eigenvalue weighted by molar-refractivity contribution is 0.0320. The summed E-state index contributed by atoms with van der Waals surface area (Å²) in [7, 11) is 0. The Bertz CT molecular complexity index is 1060. The minimum absolute atomic E-state index is 0.152. The maximum absolute atomic E-state index is 13.4. The Balaban J connectivity index is 1.78. The number of aliphatic imine (C=N–C) groups is 1. The van der Waals surface area contributed by atoms with Crippen molar-refractivity contribution in [3.8, 4) is 0 Å². The topological polar surface area (TPSA) is 53.9 Å². The zero-order chi connectivity index (χ0) is 22.6. The molecule has 32 heavy (non-hydrogen) atoms. The van der Waals surface area contributed by atoms with Gasteiger partial charge >= 0.3 is 6.09 Å². The van der Waals surface area contributed by atoms with E-state index in [0.717, 1.165) is 16.7 Å². The third kappa shape index (κ3) is 4.99. The maximum atomic E-state index is 13.4. The molecule has 0 saturated carbocycles. The van der Waals surface area contributed by atoms with E-state index in [2.05, 4.69) is 17.4 Å². The van der Waals surface area contributed by atoms with E-state index >= 15 is 0 Å². The molecule has 4 rings (SSSR count). The summed E-state index contributed by atoms with van der Waals surface area (Å²) in [6.07, 6.45) is -0.413. The average molecular weight is 428 g/mol. The molecule has 0 aromatic heterocycles. The third-order valence-electron chi connectivity index (χ3n) is 5.25. The van der Waals surface area contributed by atoms with Crippen molar-refractivity contribution in [2.24, 2.45) is 4.99 Å². The largest absolute Gasteiger partial charge is 0.443 e. The van der Waals surface area contributed by atoms with Crippen LogP contribution in [0.1, 0.15) is 49.5 Å². The number of benzene rings is 3. The number of nitrogens with one attached hydrogen (secondary N) is 1. The Kier molecular flexibility index (Phi) is 6.26. The van der Waals surface area contributed by atoms with Gasteiger partial charge in [0, 0.05) is 0 Å². The van der Waals surface area contributed by atoms with Crippen molar-refractivity contribution in [1.29, 1.82) is 0 Å². The zero-order valence-electron chi connectivity index (χ0n) is 18.7. The molecular weight excluding hydrogens is 398 g/mol. The van der Waals surface area contributed by atoms with Crippen molar-refractivity contribution in [3.63, 3.8) is 0 Å². The molecular formula is C27H29N3O2. The number of rotatable bonds is 4. The lowest BCUT2D eigenvalue weighted by Crippen LogP contribution is -2.41. The molecule has 0 unspecified atom stereocenters. The molecule has 3 aromatic rings. The number of amides is 1. The fraction of sp³-hybridized carbons (Fsp3) is 0.259. The van der Waals surface area contributed by atoms with Gasteiger partial charge in [0.2, 0.25) is 5.96 Å². The molecule has 0 aliphatic carbocycles. The van der Waals surface area contributed by atoms with Gasteiger partial charge in [-0.1, -0.05) is 91.0 Å². The van der Waals surface area contributed by atoms with Crippen LogP contribution in [0.3, 0.4) is 0 Å². The van der Waals surface area contributed by atoms with Crippen LogP contribution in [0, 0.1) is 0 Å². The lowest BCUT2D eigenvalue weighted by atomic mass is 9.94. The molecule has 5 nitrogen and oxygen atoms in total. The smallest absolute Gasteiger partial charge is 0.417 e. The van der Waals surface area contributed by atoms with Crippen molar-refractivity contribution < 1.29 is 9.53 Å². The minimum atomic E-state index is -0.617. The highest BCUT2D eigenvalue weighted by Gasteiger charge is 2.44. The van der Waals surface area contributed by atoms with Gasteiger partial charge in [-0.25, -0.2) is 14.7 Å². The third-order valence-corrected chi connectivity index (χ3v) is 5.25. The molecule has 0 radical (unpaired) electrons. The molecule has 0 spiro atoms. The van der Waals surface area contributed by atoms with Gasteiger partial charge in [0.25, 0.3) is 0 Å². The van der Waals surface area contributed by atoms with Gasteiger partial charge in [-0.05, 0) is 37.5 Å². The van der Waals surface area contributed by atoms with Crippen LogP contribution in [-0.4, -0.2) is 22.6 Å². The van der Waals surface area contributed by atoms with Gasteiger partial charge in [-0.15, -0.1) is 0 Å². The fourth-order valence-corrected chi connectivity index (χ4v) is 3.87. The van der Waals surface area contributed by atoms with Crippen LogP contribution >= 0.6 is 0 Å². The average Bonchev–Trinajstić information content (AvgIpc) is 3.18. The number of hydrogen-bond donors (Lipinski definition) is 1.